The Hall–Kier alpha value is -2.01. The van der Waals surface area contributed by atoms with Crippen molar-refractivity contribution in [3.05, 3.63) is 51.2 Å². The zero-order valence-electron chi connectivity index (χ0n) is 11.0. The molecule has 0 bridgehead atoms. The van der Waals surface area contributed by atoms with Gasteiger partial charge in [-0.05, 0) is 18.6 Å². The maximum Gasteiger partial charge on any atom is 0.278 e. The zero-order valence-corrected chi connectivity index (χ0v) is 11.7. The summed E-state index contributed by atoms with van der Waals surface area (Å²) in [5.41, 5.74) is 7.59. The maximum absolute atomic E-state index is 12.0. The summed E-state index contributed by atoms with van der Waals surface area (Å²) in [5.74, 6) is 0.878. The van der Waals surface area contributed by atoms with Gasteiger partial charge in [-0.25, -0.2) is 4.98 Å². The quantitative estimate of drug-likeness (QED) is 0.857. The van der Waals surface area contributed by atoms with Crippen LogP contribution in [0.25, 0.3) is 0 Å². The summed E-state index contributed by atoms with van der Waals surface area (Å²) in [6, 6.07) is 6.07. The van der Waals surface area contributed by atoms with Crippen LogP contribution in [0.1, 0.15) is 11.1 Å². The van der Waals surface area contributed by atoms with Gasteiger partial charge in [-0.3, -0.25) is 9.36 Å². The molecule has 0 amide bonds. The van der Waals surface area contributed by atoms with Crippen LogP contribution in [0.5, 0.6) is 5.75 Å². The minimum Gasteiger partial charge on any atom is -0.488 e. The molecule has 20 heavy (non-hydrogen) atoms. The Morgan fingerprint density at radius 3 is 3.15 bits per heavy atom. The van der Waals surface area contributed by atoms with Gasteiger partial charge >= 0.3 is 0 Å². The largest absolute Gasteiger partial charge is 0.488 e. The van der Waals surface area contributed by atoms with Crippen LogP contribution < -0.4 is 16.0 Å². The molecule has 0 spiro atoms. The zero-order chi connectivity index (χ0) is 14.3. The summed E-state index contributed by atoms with van der Waals surface area (Å²) in [7, 11) is 0. The highest BCUT2D eigenvalue weighted by Crippen LogP contribution is 2.29. The number of anilines is 1. The van der Waals surface area contributed by atoms with E-state index in [1.165, 1.54) is 16.5 Å². The van der Waals surface area contributed by atoms with Crippen molar-refractivity contribution in [1.29, 1.82) is 0 Å². The van der Waals surface area contributed by atoms with E-state index in [0.717, 1.165) is 17.7 Å². The maximum atomic E-state index is 12.0. The van der Waals surface area contributed by atoms with Crippen molar-refractivity contribution in [2.75, 3.05) is 5.73 Å². The lowest BCUT2D eigenvalue weighted by Crippen LogP contribution is -2.30. The van der Waals surface area contributed by atoms with Gasteiger partial charge < -0.3 is 10.5 Å². The van der Waals surface area contributed by atoms with Gasteiger partial charge in [0.2, 0.25) is 0 Å². The highest BCUT2D eigenvalue weighted by Gasteiger charge is 2.23. The second-order valence-electron chi connectivity index (χ2n) is 4.96. The number of rotatable bonds is 2. The molecule has 0 aliphatic carbocycles. The first-order chi connectivity index (χ1) is 9.54. The van der Waals surface area contributed by atoms with Gasteiger partial charge in [0, 0.05) is 6.42 Å². The van der Waals surface area contributed by atoms with E-state index in [9.17, 15) is 4.79 Å². The first kappa shape index (κ1) is 13.0. The molecule has 0 fully saturated rings. The predicted octanol–water partition coefficient (Wildman–Crippen LogP) is 1.79. The molecule has 0 radical (unpaired) electrons. The number of hydrogen-bond donors (Lipinski definition) is 1. The average Bonchev–Trinajstić information content (AvgIpc) is 2.81. The first-order valence-corrected chi connectivity index (χ1v) is 6.69. The van der Waals surface area contributed by atoms with Gasteiger partial charge in [-0.15, -0.1) is 0 Å². The molecule has 5 nitrogen and oxygen atoms in total. The monoisotopic (exact) mass is 291 g/mol. The molecular formula is C14H14ClN3O2. The van der Waals surface area contributed by atoms with Gasteiger partial charge in [0.1, 0.15) is 17.5 Å². The number of aromatic nitrogens is 2. The lowest BCUT2D eigenvalue weighted by molar-refractivity contribution is 0.207. The number of benzene rings is 1. The molecule has 6 heteroatoms. The van der Waals surface area contributed by atoms with Crippen LogP contribution in [-0.2, 0) is 13.0 Å². The van der Waals surface area contributed by atoms with Gasteiger partial charge in [-0.2, -0.15) is 0 Å². The summed E-state index contributed by atoms with van der Waals surface area (Å²) >= 11 is 5.71. The Labute approximate surface area is 121 Å². The van der Waals surface area contributed by atoms with E-state index in [0.29, 0.717) is 6.54 Å². The van der Waals surface area contributed by atoms with Crippen LogP contribution in [0.3, 0.4) is 0 Å². The molecule has 2 aromatic rings. The third-order valence-corrected chi connectivity index (χ3v) is 3.68. The summed E-state index contributed by atoms with van der Waals surface area (Å²) in [5, 5.41) is 0.0394. The molecule has 3 rings (SSSR count). The molecule has 1 aliphatic rings. The fraction of sp³-hybridized carbons (Fsp3) is 0.286. The number of nitrogens with two attached hydrogens (primary N) is 1. The number of hydrogen-bond acceptors (Lipinski definition) is 4. The minimum atomic E-state index is -0.333. The summed E-state index contributed by atoms with van der Waals surface area (Å²) in [4.78, 5) is 15.9. The minimum absolute atomic E-state index is 0.0273. The Morgan fingerprint density at radius 1 is 1.55 bits per heavy atom. The molecule has 1 unspecified atom stereocenters. The van der Waals surface area contributed by atoms with Gasteiger partial charge in [0.25, 0.3) is 5.56 Å². The van der Waals surface area contributed by atoms with Crippen LogP contribution in [0.4, 0.5) is 5.69 Å². The third kappa shape index (κ3) is 2.25. The van der Waals surface area contributed by atoms with Gasteiger partial charge in [0.05, 0.1) is 12.9 Å². The Kier molecular flexibility index (Phi) is 3.14. The Bertz CT molecular complexity index is 727. The van der Waals surface area contributed by atoms with Crippen LogP contribution in [0.15, 0.2) is 29.3 Å². The second kappa shape index (κ2) is 4.83. The van der Waals surface area contributed by atoms with Crippen LogP contribution in [0, 0.1) is 6.92 Å². The number of ether oxygens (including phenoxy) is 1. The lowest BCUT2D eigenvalue weighted by atomic mass is 10.1. The van der Waals surface area contributed by atoms with Crippen molar-refractivity contribution in [2.24, 2.45) is 0 Å². The molecule has 0 saturated heterocycles. The van der Waals surface area contributed by atoms with E-state index >= 15 is 0 Å². The number of nitrogens with zero attached hydrogens (tertiary/aromatic N) is 2. The number of halogens is 1. The summed E-state index contributed by atoms with van der Waals surface area (Å²) in [6.07, 6.45) is 2.08. The highest BCUT2D eigenvalue weighted by atomic mass is 35.5. The Balaban J connectivity index is 1.82. The molecule has 2 heterocycles. The van der Waals surface area contributed by atoms with Crippen molar-refractivity contribution in [3.8, 4) is 5.75 Å². The lowest BCUT2D eigenvalue weighted by Gasteiger charge is -2.12. The van der Waals surface area contributed by atoms with Crippen LogP contribution in [0.2, 0.25) is 5.15 Å². The van der Waals surface area contributed by atoms with Crippen LogP contribution in [-0.4, -0.2) is 15.7 Å². The van der Waals surface area contributed by atoms with E-state index in [4.69, 9.17) is 22.1 Å². The first-order valence-electron chi connectivity index (χ1n) is 6.31. The number of aryl methyl sites for hydroxylation is 1. The van der Waals surface area contributed by atoms with E-state index in [-0.39, 0.29) is 22.5 Å². The smallest absolute Gasteiger partial charge is 0.278 e. The molecule has 1 aromatic heterocycles. The molecule has 2 N–H and O–H groups in total. The fourth-order valence-electron chi connectivity index (χ4n) is 2.39. The normalized spacial score (nSPS) is 16.8. The molecule has 1 atom stereocenters. The molecular weight excluding hydrogens is 278 g/mol. The Morgan fingerprint density at radius 2 is 2.35 bits per heavy atom. The average molecular weight is 292 g/mol. The van der Waals surface area contributed by atoms with Gasteiger partial charge in [-0.1, -0.05) is 29.3 Å². The van der Waals surface area contributed by atoms with Crippen LogP contribution >= 0.6 is 11.6 Å². The topological polar surface area (TPSA) is 70.1 Å². The fourth-order valence-corrected chi connectivity index (χ4v) is 2.51. The highest BCUT2D eigenvalue weighted by molar-refractivity contribution is 6.31. The van der Waals surface area contributed by atoms with Crippen molar-refractivity contribution < 1.29 is 4.74 Å². The SMILES string of the molecule is Cc1ccc2c(c1)CC(Cn1cnc(Cl)c(N)c1=O)O2. The van der Waals surface area contributed by atoms with Crippen molar-refractivity contribution >= 4 is 17.3 Å². The van der Waals surface area contributed by atoms with Crippen molar-refractivity contribution in [2.45, 2.75) is 26.0 Å². The van der Waals surface area contributed by atoms with E-state index < -0.39 is 0 Å². The van der Waals surface area contributed by atoms with Gasteiger partial charge in [0.15, 0.2) is 5.15 Å². The molecule has 0 saturated carbocycles. The van der Waals surface area contributed by atoms with Crippen molar-refractivity contribution in [3.63, 3.8) is 0 Å². The van der Waals surface area contributed by atoms with E-state index in [1.54, 1.807) is 0 Å². The molecule has 1 aliphatic heterocycles. The second-order valence-corrected chi connectivity index (χ2v) is 5.32. The third-order valence-electron chi connectivity index (χ3n) is 3.38. The van der Waals surface area contributed by atoms with Crippen molar-refractivity contribution in [1.82, 2.24) is 9.55 Å². The number of fused-ring (bicyclic) bond motifs is 1. The van der Waals surface area contributed by atoms with E-state index in [1.807, 2.05) is 19.1 Å². The standard InChI is InChI=1S/C14H14ClN3O2/c1-8-2-3-11-9(4-8)5-10(20-11)6-18-7-17-13(15)12(16)14(18)19/h2-4,7,10H,5-6,16H2,1H3. The van der Waals surface area contributed by atoms with E-state index in [2.05, 4.69) is 11.1 Å². The number of nitrogen functional groups attached to an aromatic ring is 1. The molecule has 1 aromatic carbocycles. The summed E-state index contributed by atoms with van der Waals surface area (Å²) < 4.78 is 7.26. The molecule has 104 valence electrons. The predicted molar refractivity (Wildman–Crippen MR) is 77.2 cm³/mol. The summed E-state index contributed by atoms with van der Waals surface area (Å²) in [6.45, 7) is 2.45.